The first-order valence-corrected chi connectivity index (χ1v) is 8.79. The summed E-state index contributed by atoms with van der Waals surface area (Å²) in [5.74, 6) is 0.285. The highest BCUT2D eigenvalue weighted by Gasteiger charge is 2.56. The summed E-state index contributed by atoms with van der Waals surface area (Å²) < 4.78 is 5.81. The average Bonchev–Trinajstić information content (AvgIpc) is 3.12. The molecule has 0 saturated carbocycles. The molecule has 0 bridgehead atoms. The summed E-state index contributed by atoms with van der Waals surface area (Å²) in [6, 6.07) is 0. The number of fused-ring (bicyclic) bond motifs is 1. The van der Waals surface area contributed by atoms with Crippen LogP contribution in [0.25, 0.3) is 0 Å². The molecule has 0 spiro atoms. The molecule has 1 aliphatic heterocycles. The van der Waals surface area contributed by atoms with Crippen LogP contribution in [0.4, 0.5) is 0 Å². The lowest BCUT2D eigenvalue weighted by Gasteiger charge is -2.20. The second-order valence-corrected chi connectivity index (χ2v) is 7.87. The fourth-order valence-electron chi connectivity index (χ4n) is 3.10. The van der Waals surface area contributed by atoms with Crippen LogP contribution in [0.2, 0.25) is 0 Å². The Morgan fingerprint density at radius 2 is 2.00 bits per heavy atom. The molecule has 1 heterocycles. The molecule has 0 unspecified atom stereocenters. The molecule has 1 fully saturated rings. The van der Waals surface area contributed by atoms with Gasteiger partial charge in [0.2, 0.25) is 0 Å². The molecule has 23 heavy (non-hydrogen) atoms. The van der Waals surface area contributed by atoms with Gasteiger partial charge >= 0.3 is 0 Å². The minimum atomic E-state index is -0.831. The number of hydrogen-bond acceptors (Lipinski definition) is 3. The van der Waals surface area contributed by atoms with Crippen molar-refractivity contribution in [1.82, 2.24) is 0 Å². The van der Waals surface area contributed by atoms with Gasteiger partial charge in [-0.3, -0.25) is 0 Å². The maximum Gasteiger partial charge on any atom is 0.121 e. The zero-order valence-corrected chi connectivity index (χ0v) is 15.2. The van der Waals surface area contributed by atoms with Gasteiger partial charge in [0.1, 0.15) is 11.7 Å². The van der Waals surface area contributed by atoms with Crippen molar-refractivity contribution in [3.63, 3.8) is 0 Å². The summed E-state index contributed by atoms with van der Waals surface area (Å²) in [6.45, 7) is 10.2. The van der Waals surface area contributed by atoms with Gasteiger partial charge in [-0.15, -0.1) is 0 Å². The van der Waals surface area contributed by atoms with E-state index in [-0.39, 0.29) is 12.0 Å². The fourth-order valence-corrected chi connectivity index (χ4v) is 3.10. The number of aliphatic hydroxyl groups is 2. The van der Waals surface area contributed by atoms with E-state index in [1.807, 2.05) is 32.1 Å². The Morgan fingerprint density at radius 1 is 1.30 bits per heavy atom. The van der Waals surface area contributed by atoms with E-state index in [2.05, 4.69) is 26.8 Å². The molecule has 1 aliphatic carbocycles. The first-order chi connectivity index (χ1) is 10.6. The zero-order chi connectivity index (χ0) is 17.3. The highest BCUT2D eigenvalue weighted by atomic mass is 16.6. The zero-order valence-electron chi connectivity index (χ0n) is 15.2. The highest BCUT2D eigenvalue weighted by Crippen LogP contribution is 2.43. The van der Waals surface area contributed by atoms with E-state index in [0.29, 0.717) is 6.42 Å². The maximum absolute atomic E-state index is 10.6. The average molecular weight is 320 g/mol. The highest BCUT2D eigenvalue weighted by molar-refractivity contribution is 5.27. The van der Waals surface area contributed by atoms with Gasteiger partial charge in [-0.05, 0) is 64.0 Å². The Morgan fingerprint density at radius 3 is 2.65 bits per heavy atom. The lowest BCUT2D eigenvalue weighted by Crippen LogP contribution is -2.28. The minimum absolute atomic E-state index is 0.126. The molecule has 0 radical (unpaired) electrons. The van der Waals surface area contributed by atoms with E-state index < -0.39 is 17.3 Å². The van der Waals surface area contributed by atoms with Crippen LogP contribution in [-0.2, 0) is 4.74 Å². The van der Waals surface area contributed by atoms with Crippen LogP contribution < -0.4 is 0 Å². The summed E-state index contributed by atoms with van der Waals surface area (Å²) in [7, 11) is 0. The number of allylic oxidation sites excluding steroid dienone is 4. The van der Waals surface area contributed by atoms with Gasteiger partial charge in [0.15, 0.2) is 0 Å². The van der Waals surface area contributed by atoms with Gasteiger partial charge < -0.3 is 14.9 Å². The first-order valence-electron chi connectivity index (χ1n) is 8.79. The molecule has 2 N–H and O–H groups in total. The van der Waals surface area contributed by atoms with Crippen LogP contribution in [0.15, 0.2) is 35.5 Å². The Balaban J connectivity index is 2.28. The molecule has 130 valence electrons. The fraction of sp³-hybridized carbons (Fsp3) is 0.700. The van der Waals surface area contributed by atoms with E-state index in [1.165, 1.54) is 5.57 Å². The Hall–Kier alpha value is -0.900. The molecule has 0 amide bonds. The second-order valence-electron chi connectivity index (χ2n) is 7.87. The van der Waals surface area contributed by atoms with Gasteiger partial charge in [-0.1, -0.05) is 37.6 Å². The largest absolute Gasteiger partial charge is 0.386 e. The molecular weight excluding hydrogens is 288 g/mol. The Kier molecular flexibility index (Phi) is 5.55. The van der Waals surface area contributed by atoms with E-state index in [0.717, 1.165) is 24.8 Å². The third-order valence-electron chi connectivity index (χ3n) is 5.16. The van der Waals surface area contributed by atoms with E-state index in [9.17, 15) is 10.2 Å². The second kappa shape index (κ2) is 6.92. The van der Waals surface area contributed by atoms with Gasteiger partial charge in [-0.2, -0.15) is 0 Å². The van der Waals surface area contributed by atoms with Gasteiger partial charge in [-0.25, -0.2) is 0 Å². The van der Waals surface area contributed by atoms with E-state index in [4.69, 9.17) is 4.74 Å². The van der Waals surface area contributed by atoms with E-state index >= 15 is 0 Å². The molecule has 0 aromatic rings. The maximum atomic E-state index is 10.6. The van der Waals surface area contributed by atoms with Gasteiger partial charge in [0, 0.05) is 0 Å². The minimum Gasteiger partial charge on any atom is -0.386 e. The van der Waals surface area contributed by atoms with Crippen LogP contribution in [0.5, 0.6) is 0 Å². The Bertz CT molecular complexity index is 513. The SMILES string of the molecule is C/C1=C\CC[C@](C)(O)/C=C/C(C(C)C)=C\[C@H](O)[C@]2(C)O[C@H]2CC1. The number of rotatable bonds is 1. The lowest BCUT2D eigenvalue weighted by molar-refractivity contribution is 0.103. The van der Waals surface area contributed by atoms with Crippen molar-refractivity contribution in [1.29, 1.82) is 0 Å². The number of hydrogen-bond donors (Lipinski definition) is 2. The molecule has 3 heteroatoms. The molecule has 3 nitrogen and oxygen atoms in total. The van der Waals surface area contributed by atoms with Crippen LogP contribution in [0, 0.1) is 5.92 Å². The molecule has 0 aromatic carbocycles. The molecule has 0 aromatic heterocycles. The summed E-state index contributed by atoms with van der Waals surface area (Å²) in [6.07, 6.45) is 10.9. The first kappa shape index (κ1) is 18.4. The van der Waals surface area contributed by atoms with Crippen LogP contribution in [-0.4, -0.2) is 33.6 Å². The standard InChI is InChI=1S/C20H32O3/c1-14(2)16-10-12-19(4,22)11-6-7-15(3)8-9-18-20(5,23-18)17(21)13-16/h7,10,12-14,17-18,21-22H,6,8-9,11H2,1-5H3/b12-10+,15-7+,16-13+/t17-,18-,19-,20-/m0/s1. The predicted molar refractivity (Wildman–Crippen MR) is 94.2 cm³/mol. The van der Waals surface area contributed by atoms with Crippen molar-refractivity contribution in [2.45, 2.75) is 83.7 Å². The predicted octanol–water partition coefficient (Wildman–Crippen LogP) is 3.91. The van der Waals surface area contributed by atoms with Crippen molar-refractivity contribution in [2.24, 2.45) is 5.92 Å². The number of epoxide rings is 1. The summed E-state index contributed by atoms with van der Waals surface area (Å²) >= 11 is 0. The molecule has 4 atom stereocenters. The summed E-state index contributed by atoms with van der Waals surface area (Å²) in [5, 5.41) is 21.1. The van der Waals surface area contributed by atoms with Gasteiger partial charge in [0.05, 0.1) is 11.7 Å². The molecular formula is C20H32O3. The quantitative estimate of drug-likeness (QED) is 0.569. The van der Waals surface area contributed by atoms with Crippen molar-refractivity contribution >= 4 is 0 Å². The number of aliphatic hydroxyl groups excluding tert-OH is 1. The van der Waals surface area contributed by atoms with Gasteiger partial charge in [0.25, 0.3) is 0 Å². The molecule has 2 rings (SSSR count). The molecule has 1 saturated heterocycles. The van der Waals surface area contributed by atoms with Crippen molar-refractivity contribution in [3.05, 3.63) is 35.5 Å². The topological polar surface area (TPSA) is 53.0 Å². The lowest BCUT2D eigenvalue weighted by atomic mass is 9.90. The summed E-state index contributed by atoms with van der Waals surface area (Å²) in [5.41, 5.74) is 1.06. The van der Waals surface area contributed by atoms with Crippen molar-refractivity contribution in [2.75, 3.05) is 0 Å². The number of ether oxygens (including phenoxy) is 1. The van der Waals surface area contributed by atoms with Crippen molar-refractivity contribution in [3.8, 4) is 0 Å². The van der Waals surface area contributed by atoms with Crippen molar-refractivity contribution < 1.29 is 14.9 Å². The van der Waals surface area contributed by atoms with Crippen LogP contribution in [0.1, 0.15) is 60.3 Å². The van der Waals surface area contributed by atoms with Crippen LogP contribution >= 0.6 is 0 Å². The normalized spacial score (nSPS) is 45.2. The monoisotopic (exact) mass is 320 g/mol. The van der Waals surface area contributed by atoms with E-state index in [1.54, 1.807) is 0 Å². The molecule has 2 aliphatic rings. The third-order valence-corrected chi connectivity index (χ3v) is 5.16. The third kappa shape index (κ3) is 4.79. The summed E-state index contributed by atoms with van der Waals surface area (Å²) in [4.78, 5) is 0. The Labute approximate surface area is 140 Å². The smallest absolute Gasteiger partial charge is 0.121 e. The van der Waals surface area contributed by atoms with Crippen LogP contribution in [0.3, 0.4) is 0 Å².